The largest absolute Gasteiger partial charge is 0.396 e. The minimum atomic E-state index is -0.170. The van der Waals surface area contributed by atoms with Crippen LogP contribution in [0.2, 0.25) is 0 Å². The van der Waals surface area contributed by atoms with Gasteiger partial charge in [0.05, 0.1) is 0 Å². The van der Waals surface area contributed by atoms with E-state index in [9.17, 15) is 4.79 Å². The topological polar surface area (TPSA) is 64.6 Å². The lowest BCUT2D eigenvalue weighted by molar-refractivity contribution is 0.104. The summed E-state index contributed by atoms with van der Waals surface area (Å²) in [5.74, 6) is 0. The van der Waals surface area contributed by atoms with E-state index in [-0.39, 0.29) is 24.2 Å². The standard InChI is InChI=1S/C18H29N3O2/c1-14(9-11-22)20-17(23)19-13-18(2,3)21-10-8-15-6-4-5-7-16(15)12-21/h4-7,14,22H,8-13H2,1-3H3,(H2,19,20,23)/t14-/m1/s1. The lowest BCUT2D eigenvalue weighted by atomic mass is 9.94. The molecule has 0 saturated heterocycles. The van der Waals surface area contributed by atoms with Crippen molar-refractivity contribution in [3.8, 4) is 0 Å². The fourth-order valence-electron chi connectivity index (χ4n) is 2.96. The van der Waals surface area contributed by atoms with Crippen LogP contribution in [0.1, 0.15) is 38.3 Å². The maximum Gasteiger partial charge on any atom is 0.315 e. The summed E-state index contributed by atoms with van der Waals surface area (Å²) >= 11 is 0. The molecule has 1 aliphatic rings. The molecule has 2 rings (SSSR count). The highest BCUT2D eigenvalue weighted by Crippen LogP contribution is 2.24. The Hall–Kier alpha value is -1.59. The first-order valence-corrected chi connectivity index (χ1v) is 8.39. The van der Waals surface area contributed by atoms with Gasteiger partial charge in [0.1, 0.15) is 0 Å². The summed E-state index contributed by atoms with van der Waals surface area (Å²) in [6.07, 6.45) is 1.62. The van der Waals surface area contributed by atoms with Crippen LogP contribution in [0.3, 0.4) is 0 Å². The molecule has 0 radical (unpaired) electrons. The molecule has 0 saturated carbocycles. The zero-order chi connectivity index (χ0) is 16.9. The molecule has 1 aromatic carbocycles. The van der Waals surface area contributed by atoms with Crippen molar-refractivity contribution in [3.63, 3.8) is 0 Å². The quantitative estimate of drug-likeness (QED) is 0.750. The van der Waals surface area contributed by atoms with E-state index >= 15 is 0 Å². The van der Waals surface area contributed by atoms with Gasteiger partial charge in [0.25, 0.3) is 0 Å². The van der Waals surface area contributed by atoms with Gasteiger partial charge in [-0.2, -0.15) is 0 Å². The Balaban J connectivity index is 1.86. The molecule has 5 heteroatoms. The van der Waals surface area contributed by atoms with Gasteiger partial charge < -0.3 is 15.7 Å². The number of nitrogens with one attached hydrogen (secondary N) is 2. The molecule has 23 heavy (non-hydrogen) atoms. The van der Waals surface area contributed by atoms with Crippen molar-refractivity contribution in [2.75, 3.05) is 19.7 Å². The van der Waals surface area contributed by atoms with Crippen molar-refractivity contribution in [3.05, 3.63) is 35.4 Å². The first-order valence-electron chi connectivity index (χ1n) is 8.39. The smallest absolute Gasteiger partial charge is 0.315 e. The van der Waals surface area contributed by atoms with E-state index in [1.807, 2.05) is 6.92 Å². The van der Waals surface area contributed by atoms with Crippen molar-refractivity contribution >= 4 is 6.03 Å². The van der Waals surface area contributed by atoms with E-state index in [1.165, 1.54) is 11.1 Å². The van der Waals surface area contributed by atoms with Gasteiger partial charge >= 0.3 is 6.03 Å². The van der Waals surface area contributed by atoms with Gasteiger partial charge in [-0.1, -0.05) is 24.3 Å². The van der Waals surface area contributed by atoms with Crippen LogP contribution < -0.4 is 10.6 Å². The van der Waals surface area contributed by atoms with E-state index in [1.54, 1.807) is 0 Å². The average molecular weight is 319 g/mol. The molecule has 0 fully saturated rings. The van der Waals surface area contributed by atoms with Gasteiger partial charge in [0.2, 0.25) is 0 Å². The van der Waals surface area contributed by atoms with Crippen LogP contribution in [0.25, 0.3) is 0 Å². The van der Waals surface area contributed by atoms with Crippen molar-refractivity contribution in [1.82, 2.24) is 15.5 Å². The molecule has 0 unspecified atom stereocenters. The van der Waals surface area contributed by atoms with Crippen molar-refractivity contribution in [1.29, 1.82) is 0 Å². The first kappa shape index (κ1) is 17.8. The Morgan fingerprint density at radius 2 is 2.04 bits per heavy atom. The minimum Gasteiger partial charge on any atom is -0.396 e. The number of hydrogen-bond acceptors (Lipinski definition) is 3. The van der Waals surface area contributed by atoms with Gasteiger partial charge in [-0.3, -0.25) is 4.90 Å². The van der Waals surface area contributed by atoms with E-state index in [2.05, 4.69) is 53.6 Å². The molecular formula is C18H29N3O2. The zero-order valence-electron chi connectivity index (χ0n) is 14.4. The second kappa shape index (κ2) is 7.79. The van der Waals surface area contributed by atoms with Crippen LogP contribution in [0.4, 0.5) is 4.79 Å². The van der Waals surface area contributed by atoms with Crippen LogP contribution in [0, 0.1) is 0 Å². The molecule has 0 bridgehead atoms. The molecule has 0 aliphatic carbocycles. The second-order valence-corrected chi connectivity index (χ2v) is 6.99. The van der Waals surface area contributed by atoms with Crippen LogP contribution in [0.5, 0.6) is 0 Å². The molecule has 128 valence electrons. The van der Waals surface area contributed by atoms with Crippen molar-refractivity contribution in [2.45, 2.75) is 51.7 Å². The molecule has 2 amide bonds. The number of nitrogens with zero attached hydrogens (tertiary/aromatic N) is 1. The molecular weight excluding hydrogens is 290 g/mol. The van der Waals surface area contributed by atoms with Crippen LogP contribution in [0.15, 0.2) is 24.3 Å². The van der Waals surface area contributed by atoms with Gasteiger partial charge in [-0.15, -0.1) is 0 Å². The lowest BCUT2D eigenvalue weighted by Gasteiger charge is -2.41. The van der Waals surface area contributed by atoms with E-state index < -0.39 is 0 Å². The molecule has 1 heterocycles. The maximum atomic E-state index is 11.9. The summed E-state index contributed by atoms with van der Waals surface area (Å²) in [6, 6.07) is 8.38. The lowest BCUT2D eigenvalue weighted by Crippen LogP contribution is -2.55. The Bertz CT molecular complexity index is 531. The van der Waals surface area contributed by atoms with E-state index in [0.717, 1.165) is 19.5 Å². The number of hydrogen-bond donors (Lipinski definition) is 3. The number of urea groups is 1. The van der Waals surface area contributed by atoms with Crippen LogP contribution >= 0.6 is 0 Å². The third-order valence-electron chi connectivity index (χ3n) is 4.61. The first-order chi connectivity index (χ1) is 10.9. The number of aliphatic hydroxyl groups is 1. The van der Waals surface area contributed by atoms with Crippen molar-refractivity contribution < 1.29 is 9.90 Å². The highest BCUT2D eigenvalue weighted by atomic mass is 16.3. The molecule has 0 spiro atoms. The normalized spacial score (nSPS) is 16.5. The van der Waals surface area contributed by atoms with Gasteiger partial charge in [0.15, 0.2) is 0 Å². The molecule has 0 aromatic heterocycles. The Morgan fingerprint density at radius 1 is 1.35 bits per heavy atom. The van der Waals surface area contributed by atoms with Gasteiger partial charge in [0, 0.05) is 37.8 Å². The monoisotopic (exact) mass is 319 g/mol. The SMILES string of the molecule is C[C@H](CCO)NC(=O)NCC(C)(C)N1CCc2ccccc2C1. The zero-order valence-corrected chi connectivity index (χ0v) is 14.4. The molecule has 1 atom stereocenters. The Morgan fingerprint density at radius 3 is 2.74 bits per heavy atom. The summed E-state index contributed by atoms with van der Waals surface area (Å²) in [4.78, 5) is 14.4. The summed E-state index contributed by atoms with van der Waals surface area (Å²) in [5, 5.41) is 14.7. The van der Waals surface area contributed by atoms with E-state index in [0.29, 0.717) is 13.0 Å². The average Bonchev–Trinajstić information content (AvgIpc) is 2.53. The summed E-state index contributed by atoms with van der Waals surface area (Å²) in [5.41, 5.74) is 2.71. The molecule has 5 nitrogen and oxygen atoms in total. The fraction of sp³-hybridized carbons (Fsp3) is 0.611. The molecule has 1 aliphatic heterocycles. The van der Waals surface area contributed by atoms with Crippen LogP contribution in [-0.4, -0.2) is 47.3 Å². The number of fused-ring (bicyclic) bond motifs is 1. The number of aliphatic hydroxyl groups excluding tert-OH is 1. The van der Waals surface area contributed by atoms with E-state index in [4.69, 9.17) is 5.11 Å². The highest BCUT2D eigenvalue weighted by Gasteiger charge is 2.30. The fourth-order valence-corrected chi connectivity index (χ4v) is 2.96. The summed E-state index contributed by atoms with van der Waals surface area (Å²) < 4.78 is 0. The third-order valence-corrected chi connectivity index (χ3v) is 4.61. The summed E-state index contributed by atoms with van der Waals surface area (Å²) in [6.45, 7) is 8.83. The van der Waals surface area contributed by atoms with Gasteiger partial charge in [-0.05, 0) is 44.7 Å². The highest BCUT2D eigenvalue weighted by molar-refractivity contribution is 5.74. The maximum absolute atomic E-state index is 11.9. The predicted octanol–water partition coefficient (Wildman–Crippen LogP) is 1.89. The number of benzene rings is 1. The predicted molar refractivity (Wildman–Crippen MR) is 92.3 cm³/mol. The number of carbonyl (C=O) groups is 1. The third kappa shape index (κ3) is 4.94. The number of rotatable bonds is 6. The van der Waals surface area contributed by atoms with Gasteiger partial charge in [-0.25, -0.2) is 4.79 Å². The number of carbonyl (C=O) groups excluding carboxylic acids is 1. The molecule has 1 aromatic rings. The number of amides is 2. The van der Waals surface area contributed by atoms with Crippen LogP contribution in [-0.2, 0) is 13.0 Å². The second-order valence-electron chi connectivity index (χ2n) is 6.99. The minimum absolute atomic E-state index is 0.0232. The summed E-state index contributed by atoms with van der Waals surface area (Å²) in [7, 11) is 0. The Kier molecular flexibility index (Phi) is 6.02. The molecule has 3 N–H and O–H groups in total. The Labute approximate surface area is 139 Å². The van der Waals surface area contributed by atoms with Crippen molar-refractivity contribution in [2.24, 2.45) is 0 Å².